The molecule has 2 N–H and O–H groups in total. The van der Waals surface area contributed by atoms with Gasteiger partial charge in [0.05, 0.1) is 10.6 Å². The van der Waals surface area contributed by atoms with Crippen LogP contribution in [0.4, 0.5) is 32.0 Å². The van der Waals surface area contributed by atoms with Crippen LogP contribution < -0.4 is 4.90 Å². The Hall–Kier alpha value is -2.44. The van der Waals surface area contributed by atoms with Crippen molar-refractivity contribution in [3.05, 3.63) is 52.5 Å². The van der Waals surface area contributed by atoms with Crippen molar-refractivity contribution in [1.29, 1.82) is 0 Å². The van der Waals surface area contributed by atoms with Crippen LogP contribution in [-0.2, 0) is 15.6 Å². The lowest BCUT2D eigenvalue weighted by molar-refractivity contribution is -0.376. The summed E-state index contributed by atoms with van der Waals surface area (Å²) in [6.07, 6.45) is -8.19. The summed E-state index contributed by atoms with van der Waals surface area (Å²) >= 11 is 5.16. The molecule has 0 bridgehead atoms. The molecule has 0 aromatic heterocycles. The maximum atomic E-state index is 13.4. The summed E-state index contributed by atoms with van der Waals surface area (Å²) < 4.78 is 108. The van der Waals surface area contributed by atoms with Crippen LogP contribution in [-0.4, -0.2) is 72.4 Å². The molecule has 3 rings (SSSR count). The number of thiocarbonyl (C=S) groups is 1. The van der Waals surface area contributed by atoms with E-state index in [9.17, 15) is 45.0 Å². The van der Waals surface area contributed by atoms with Crippen LogP contribution in [0.25, 0.3) is 0 Å². The highest BCUT2D eigenvalue weighted by Crippen LogP contribution is 2.50. The number of alkyl halides is 6. The molecule has 1 aromatic rings. The second-order valence-electron chi connectivity index (χ2n) is 8.61. The van der Waals surface area contributed by atoms with Gasteiger partial charge in [-0.05, 0) is 24.6 Å². The minimum Gasteiger partial charge on any atom is -0.380 e. The van der Waals surface area contributed by atoms with Crippen LogP contribution in [0.5, 0.6) is 0 Å². The fourth-order valence-corrected chi connectivity index (χ4v) is 5.97. The molecule has 2 aliphatic rings. The Morgan fingerprint density at radius 3 is 2.21 bits per heavy atom. The number of nitrogens with zero attached hydrogens (tertiary/aromatic N) is 2. The molecular formula is C24H24F6N2O4S2. The molecule has 1 aliphatic heterocycles. The van der Waals surface area contributed by atoms with Crippen molar-refractivity contribution in [2.24, 2.45) is 0 Å². The molecule has 208 valence electrons. The Bertz CT molecular complexity index is 1290. The fourth-order valence-electron chi connectivity index (χ4n) is 3.95. The van der Waals surface area contributed by atoms with E-state index < -0.39 is 39.6 Å². The Morgan fingerprint density at radius 1 is 1.08 bits per heavy atom. The minimum atomic E-state index is -6.08. The molecule has 0 unspecified atom stereocenters. The first-order valence-corrected chi connectivity index (χ1v) is 13.2. The second-order valence-corrected chi connectivity index (χ2v) is 11.0. The second kappa shape index (κ2) is 11.0. The summed E-state index contributed by atoms with van der Waals surface area (Å²) in [7, 11) is -3.90. The van der Waals surface area contributed by atoms with Crippen molar-refractivity contribution in [2.45, 2.75) is 43.8 Å². The summed E-state index contributed by atoms with van der Waals surface area (Å²) in [4.78, 5) is 1.83. The number of piperazine rings is 1. The summed E-state index contributed by atoms with van der Waals surface area (Å²) in [5.41, 5.74) is -6.79. The van der Waals surface area contributed by atoms with Gasteiger partial charge in [-0.1, -0.05) is 49.2 Å². The third-order valence-electron chi connectivity index (χ3n) is 6.15. The van der Waals surface area contributed by atoms with Crippen LogP contribution in [0.3, 0.4) is 0 Å². The zero-order valence-electron chi connectivity index (χ0n) is 20.0. The first kappa shape index (κ1) is 30.1. The molecule has 1 fully saturated rings. The lowest BCUT2D eigenvalue weighted by atomic mass is 9.90. The molecule has 0 amide bonds. The molecule has 14 heteroatoms. The number of anilines is 1. The van der Waals surface area contributed by atoms with E-state index in [0.29, 0.717) is 18.6 Å². The van der Waals surface area contributed by atoms with Gasteiger partial charge < -0.3 is 15.1 Å². The van der Waals surface area contributed by atoms with Gasteiger partial charge in [-0.15, -0.1) is 0 Å². The van der Waals surface area contributed by atoms with E-state index in [2.05, 4.69) is 11.8 Å². The number of aliphatic hydroxyl groups excluding tert-OH is 1. The summed E-state index contributed by atoms with van der Waals surface area (Å²) in [5, 5.41) is 19.6. The normalized spacial score (nSPS) is 18.6. The minimum absolute atomic E-state index is 0.00602. The van der Waals surface area contributed by atoms with Crippen LogP contribution in [0.1, 0.15) is 30.9 Å². The van der Waals surface area contributed by atoms with Gasteiger partial charge in [-0.3, -0.25) is 0 Å². The van der Waals surface area contributed by atoms with E-state index in [1.54, 1.807) is 24.0 Å². The van der Waals surface area contributed by atoms with Crippen molar-refractivity contribution in [3.63, 3.8) is 0 Å². The Morgan fingerprint density at radius 2 is 1.68 bits per heavy atom. The van der Waals surface area contributed by atoms with Gasteiger partial charge in [0.2, 0.25) is 10.0 Å². The topological polar surface area (TPSA) is 81.1 Å². The van der Waals surface area contributed by atoms with Crippen LogP contribution >= 0.6 is 12.2 Å². The Balaban J connectivity index is 1.97. The van der Waals surface area contributed by atoms with Gasteiger partial charge in [0.15, 0.2) is 0 Å². The number of sulfonamides is 1. The molecule has 0 radical (unpaired) electrons. The SMILES string of the molecule is CC[C@H](O)C#Cc1cc(C(O)(C(F)(F)F)C(F)(F)F)ccc1N1CCN(S(=O)(=O)C2=CC=CCC2=S)CC1. The molecule has 38 heavy (non-hydrogen) atoms. The monoisotopic (exact) mass is 582 g/mol. The molecule has 1 aliphatic carbocycles. The van der Waals surface area contributed by atoms with Gasteiger partial charge in [0.25, 0.3) is 5.60 Å². The lowest BCUT2D eigenvalue weighted by Gasteiger charge is -2.37. The van der Waals surface area contributed by atoms with Crippen molar-refractivity contribution in [3.8, 4) is 11.8 Å². The highest BCUT2D eigenvalue weighted by molar-refractivity contribution is 7.96. The maximum absolute atomic E-state index is 13.4. The third-order valence-corrected chi connectivity index (χ3v) is 8.65. The molecule has 0 spiro atoms. The highest BCUT2D eigenvalue weighted by atomic mass is 32.2. The van der Waals surface area contributed by atoms with Crippen molar-refractivity contribution in [2.75, 3.05) is 31.1 Å². The van der Waals surface area contributed by atoms with Crippen LogP contribution in [0.2, 0.25) is 0 Å². The average molecular weight is 583 g/mol. The van der Waals surface area contributed by atoms with E-state index in [1.807, 2.05) is 0 Å². The number of aliphatic hydroxyl groups is 2. The number of benzene rings is 1. The molecule has 1 atom stereocenters. The number of hydrogen-bond donors (Lipinski definition) is 2. The van der Waals surface area contributed by atoms with Gasteiger partial charge in [0.1, 0.15) is 6.10 Å². The predicted molar refractivity (Wildman–Crippen MR) is 133 cm³/mol. The van der Waals surface area contributed by atoms with E-state index in [4.69, 9.17) is 12.2 Å². The Labute approximate surface area is 221 Å². The molecule has 1 aromatic carbocycles. The Kier molecular flexibility index (Phi) is 8.69. The molecular weight excluding hydrogens is 558 g/mol. The quantitative estimate of drug-likeness (QED) is 0.313. The van der Waals surface area contributed by atoms with Crippen molar-refractivity contribution < 1.29 is 45.0 Å². The van der Waals surface area contributed by atoms with Crippen LogP contribution in [0.15, 0.2) is 41.3 Å². The molecule has 0 saturated carbocycles. The maximum Gasteiger partial charge on any atom is 0.430 e. The summed E-state index contributed by atoms with van der Waals surface area (Å²) in [6, 6.07) is 1.97. The molecule has 1 saturated heterocycles. The smallest absolute Gasteiger partial charge is 0.380 e. The fraction of sp³-hybridized carbons (Fsp3) is 0.458. The van der Waals surface area contributed by atoms with Gasteiger partial charge in [-0.2, -0.15) is 30.6 Å². The summed E-state index contributed by atoms with van der Waals surface area (Å²) in [5.74, 6) is 4.79. The first-order chi connectivity index (χ1) is 17.5. The molecule has 6 nitrogen and oxygen atoms in total. The van der Waals surface area contributed by atoms with E-state index in [-0.39, 0.29) is 53.6 Å². The summed E-state index contributed by atoms with van der Waals surface area (Å²) in [6.45, 7) is 1.59. The van der Waals surface area contributed by atoms with E-state index >= 15 is 0 Å². The standard InChI is InChI=1S/C24H24F6N2O4S2/c1-2-18(33)9-7-16-15-17(22(34,23(25,26)27)24(28,29)30)8-10-19(16)31-11-13-32(14-12-31)38(35,36)21-6-4-3-5-20(21)37/h3-4,6,8,10,15,18,33-34H,2,5,11-14H2,1H3/t18-/m0/s1. The largest absolute Gasteiger partial charge is 0.430 e. The van der Waals surface area contributed by atoms with Gasteiger partial charge >= 0.3 is 12.4 Å². The van der Waals surface area contributed by atoms with Crippen molar-refractivity contribution >= 4 is 32.8 Å². The molecule has 1 heterocycles. The zero-order chi connectivity index (χ0) is 28.5. The number of halogens is 6. The van der Waals surface area contributed by atoms with Gasteiger partial charge in [-0.25, -0.2) is 8.42 Å². The number of hydrogen-bond acceptors (Lipinski definition) is 6. The predicted octanol–water partition coefficient (Wildman–Crippen LogP) is 3.79. The number of allylic oxidation sites excluding steroid dienone is 4. The van der Waals surface area contributed by atoms with E-state index in [0.717, 1.165) is 6.07 Å². The third kappa shape index (κ3) is 5.76. The highest BCUT2D eigenvalue weighted by Gasteiger charge is 2.71. The van der Waals surface area contributed by atoms with Crippen LogP contribution in [0, 0.1) is 11.8 Å². The lowest BCUT2D eigenvalue weighted by Crippen LogP contribution is -2.54. The first-order valence-electron chi connectivity index (χ1n) is 11.4. The number of rotatable bonds is 5. The van der Waals surface area contributed by atoms with Gasteiger partial charge in [0, 0.05) is 48.6 Å². The van der Waals surface area contributed by atoms with E-state index in [1.165, 1.54) is 10.4 Å². The zero-order valence-corrected chi connectivity index (χ0v) is 21.6. The average Bonchev–Trinajstić information content (AvgIpc) is 2.85. The van der Waals surface area contributed by atoms with Crippen molar-refractivity contribution in [1.82, 2.24) is 4.31 Å².